The first-order valence-corrected chi connectivity index (χ1v) is 7.23. The predicted molar refractivity (Wildman–Crippen MR) is 80.0 cm³/mol. The zero-order chi connectivity index (χ0) is 14.4. The van der Waals surface area contributed by atoms with Gasteiger partial charge in [0.25, 0.3) is 5.56 Å². The molecule has 0 aliphatic heterocycles. The molecular weight excluding hydrogens is 274 g/mol. The van der Waals surface area contributed by atoms with E-state index in [9.17, 15) is 9.59 Å². The van der Waals surface area contributed by atoms with Gasteiger partial charge in [-0.25, -0.2) is 4.98 Å². The standard InChI is InChI=1S/C14H15N3O2S/c1-2-10-4-3-5-11(8-10)16-13(19)9-20-14-15-7-6-12(18)17-14/h3-8H,2,9H2,1H3,(H,16,19)(H,15,17,18). The molecule has 5 nitrogen and oxygen atoms in total. The zero-order valence-corrected chi connectivity index (χ0v) is 11.9. The largest absolute Gasteiger partial charge is 0.325 e. The number of nitrogens with zero attached hydrogens (tertiary/aromatic N) is 1. The number of benzene rings is 1. The molecule has 1 aromatic carbocycles. The van der Waals surface area contributed by atoms with Crippen molar-refractivity contribution in [1.29, 1.82) is 0 Å². The Bertz CT molecular complexity index is 655. The number of aromatic amines is 1. The Morgan fingerprint density at radius 1 is 1.40 bits per heavy atom. The van der Waals surface area contributed by atoms with E-state index in [0.717, 1.165) is 12.1 Å². The van der Waals surface area contributed by atoms with Gasteiger partial charge in [0.2, 0.25) is 5.91 Å². The summed E-state index contributed by atoms with van der Waals surface area (Å²) < 4.78 is 0. The summed E-state index contributed by atoms with van der Waals surface area (Å²) in [6, 6.07) is 9.07. The summed E-state index contributed by atoms with van der Waals surface area (Å²) >= 11 is 1.19. The number of nitrogens with one attached hydrogen (secondary N) is 2. The molecule has 0 bridgehead atoms. The van der Waals surface area contributed by atoms with E-state index in [4.69, 9.17) is 0 Å². The van der Waals surface area contributed by atoms with Crippen molar-refractivity contribution < 1.29 is 4.79 Å². The number of aryl methyl sites for hydroxylation is 1. The lowest BCUT2D eigenvalue weighted by Crippen LogP contribution is -2.15. The topological polar surface area (TPSA) is 74.8 Å². The molecule has 6 heteroatoms. The molecule has 0 saturated carbocycles. The average molecular weight is 289 g/mol. The first kappa shape index (κ1) is 14.3. The van der Waals surface area contributed by atoms with Crippen LogP contribution in [0.25, 0.3) is 0 Å². The van der Waals surface area contributed by atoms with Crippen molar-refractivity contribution in [2.45, 2.75) is 18.5 Å². The first-order valence-electron chi connectivity index (χ1n) is 6.24. The number of carbonyl (C=O) groups is 1. The Labute approximate surface area is 120 Å². The highest BCUT2D eigenvalue weighted by molar-refractivity contribution is 7.99. The Kier molecular flexibility index (Phi) is 4.95. The smallest absolute Gasteiger partial charge is 0.251 e. The maximum atomic E-state index is 11.8. The van der Waals surface area contributed by atoms with Crippen LogP contribution >= 0.6 is 11.8 Å². The maximum absolute atomic E-state index is 11.8. The van der Waals surface area contributed by atoms with Gasteiger partial charge in [0, 0.05) is 18.0 Å². The molecule has 2 rings (SSSR count). The average Bonchev–Trinajstić information content (AvgIpc) is 2.45. The van der Waals surface area contributed by atoms with Gasteiger partial charge in [0.1, 0.15) is 0 Å². The van der Waals surface area contributed by atoms with Crippen LogP contribution in [0.1, 0.15) is 12.5 Å². The third kappa shape index (κ3) is 4.24. The summed E-state index contributed by atoms with van der Waals surface area (Å²) in [5, 5.41) is 3.26. The number of hydrogen-bond acceptors (Lipinski definition) is 4. The van der Waals surface area contributed by atoms with Crippen molar-refractivity contribution in [2.75, 3.05) is 11.1 Å². The van der Waals surface area contributed by atoms with Crippen LogP contribution in [0.15, 0.2) is 46.5 Å². The van der Waals surface area contributed by atoms with Crippen molar-refractivity contribution in [2.24, 2.45) is 0 Å². The number of H-pyrrole nitrogens is 1. The molecule has 0 aliphatic rings. The molecular formula is C14H15N3O2S. The molecule has 0 radical (unpaired) electrons. The molecule has 1 heterocycles. The molecule has 0 aliphatic carbocycles. The SMILES string of the molecule is CCc1cccc(NC(=O)CSc2nccc(=O)[nH]2)c1. The second kappa shape index (κ2) is 6.91. The maximum Gasteiger partial charge on any atom is 0.251 e. The van der Waals surface area contributed by atoms with Gasteiger partial charge in [-0.15, -0.1) is 0 Å². The minimum atomic E-state index is -0.224. The number of carbonyl (C=O) groups excluding carboxylic acids is 1. The second-order valence-corrected chi connectivity index (χ2v) is 5.09. The number of amides is 1. The summed E-state index contributed by atoms with van der Waals surface area (Å²) in [4.78, 5) is 29.4. The lowest BCUT2D eigenvalue weighted by molar-refractivity contribution is -0.113. The monoisotopic (exact) mass is 289 g/mol. The van der Waals surface area contributed by atoms with Crippen molar-refractivity contribution >= 4 is 23.4 Å². The molecule has 104 valence electrons. The molecule has 2 N–H and O–H groups in total. The van der Waals surface area contributed by atoms with E-state index in [0.29, 0.717) is 5.16 Å². The zero-order valence-electron chi connectivity index (χ0n) is 11.1. The lowest BCUT2D eigenvalue weighted by Gasteiger charge is -2.06. The summed E-state index contributed by atoms with van der Waals surface area (Å²) in [7, 11) is 0. The number of rotatable bonds is 5. The third-order valence-corrected chi connectivity index (χ3v) is 3.49. The van der Waals surface area contributed by atoms with Gasteiger partial charge < -0.3 is 10.3 Å². The fraction of sp³-hybridized carbons (Fsp3) is 0.214. The Morgan fingerprint density at radius 2 is 2.25 bits per heavy atom. The van der Waals surface area contributed by atoms with Crippen molar-refractivity contribution in [3.8, 4) is 0 Å². The highest BCUT2D eigenvalue weighted by atomic mass is 32.2. The fourth-order valence-corrected chi connectivity index (χ4v) is 2.27. The minimum Gasteiger partial charge on any atom is -0.325 e. The summed E-state index contributed by atoms with van der Waals surface area (Å²) in [6.07, 6.45) is 2.34. The molecule has 20 heavy (non-hydrogen) atoms. The van der Waals surface area contributed by atoms with Crippen LogP contribution in [0.5, 0.6) is 0 Å². The van der Waals surface area contributed by atoms with Gasteiger partial charge in [-0.3, -0.25) is 9.59 Å². The van der Waals surface area contributed by atoms with E-state index in [1.165, 1.54) is 29.6 Å². The number of anilines is 1. The predicted octanol–water partition coefficient (Wildman–Crippen LogP) is 2.06. The van der Waals surface area contributed by atoms with Crippen LogP contribution in [-0.2, 0) is 11.2 Å². The normalized spacial score (nSPS) is 10.2. The molecule has 2 aromatic rings. The first-order chi connectivity index (χ1) is 9.67. The van der Waals surface area contributed by atoms with Crippen molar-refractivity contribution in [1.82, 2.24) is 9.97 Å². The fourth-order valence-electron chi connectivity index (χ4n) is 1.63. The minimum absolute atomic E-state index is 0.130. The van der Waals surface area contributed by atoms with Gasteiger partial charge >= 0.3 is 0 Å². The van der Waals surface area contributed by atoms with E-state index in [2.05, 4.69) is 22.2 Å². The van der Waals surface area contributed by atoms with E-state index < -0.39 is 0 Å². The Morgan fingerprint density at radius 3 is 3.00 bits per heavy atom. The highest BCUT2D eigenvalue weighted by Gasteiger charge is 2.05. The summed E-state index contributed by atoms with van der Waals surface area (Å²) in [6.45, 7) is 2.06. The van der Waals surface area contributed by atoms with E-state index in [-0.39, 0.29) is 17.2 Å². The quantitative estimate of drug-likeness (QED) is 0.652. The summed E-state index contributed by atoms with van der Waals surface area (Å²) in [5.41, 5.74) is 1.73. The Hall–Kier alpha value is -2.08. The highest BCUT2D eigenvalue weighted by Crippen LogP contribution is 2.13. The number of aromatic nitrogens is 2. The van der Waals surface area contributed by atoms with Gasteiger partial charge in [0.05, 0.1) is 5.75 Å². The molecule has 0 spiro atoms. The number of hydrogen-bond donors (Lipinski definition) is 2. The van der Waals surface area contributed by atoms with Crippen molar-refractivity contribution in [3.05, 3.63) is 52.4 Å². The number of thioether (sulfide) groups is 1. The Balaban J connectivity index is 1.90. The van der Waals surface area contributed by atoms with Crippen LogP contribution in [-0.4, -0.2) is 21.6 Å². The molecule has 0 saturated heterocycles. The van der Waals surface area contributed by atoms with Crippen LogP contribution in [0, 0.1) is 0 Å². The van der Waals surface area contributed by atoms with Gasteiger partial charge in [0.15, 0.2) is 5.16 Å². The van der Waals surface area contributed by atoms with Crippen molar-refractivity contribution in [3.63, 3.8) is 0 Å². The van der Waals surface area contributed by atoms with Gasteiger partial charge in [-0.05, 0) is 24.1 Å². The molecule has 0 unspecified atom stereocenters. The van der Waals surface area contributed by atoms with E-state index in [1.807, 2.05) is 24.3 Å². The molecule has 1 aromatic heterocycles. The van der Waals surface area contributed by atoms with E-state index >= 15 is 0 Å². The summed E-state index contributed by atoms with van der Waals surface area (Å²) in [5.74, 6) is 0.0679. The molecule has 1 amide bonds. The van der Waals surface area contributed by atoms with Crippen LogP contribution in [0.3, 0.4) is 0 Å². The van der Waals surface area contributed by atoms with Gasteiger partial charge in [-0.1, -0.05) is 30.8 Å². The van der Waals surface area contributed by atoms with Crippen LogP contribution in [0.4, 0.5) is 5.69 Å². The third-order valence-electron chi connectivity index (χ3n) is 2.61. The van der Waals surface area contributed by atoms with Crippen LogP contribution in [0.2, 0.25) is 0 Å². The van der Waals surface area contributed by atoms with Crippen LogP contribution < -0.4 is 10.9 Å². The van der Waals surface area contributed by atoms with E-state index in [1.54, 1.807) is 0 Å². The second-order valence-electron chi connectivity index (χ2n) is 4.13. The molecule has 0 atom stereocenters. The molecule has 0 fully saturated rings. The van der Waals surface area contributed by atoms with Gasteiger partial charge in [-0.2, -0.15) is 0 Å². The lowest BCUT2D eigenvalue weighted by atomic mass is 10.1.